The van der Waals surface area contributed by atoms with E-state index < -0.39 is 5.41 Å². The largest absolute Gasteiger partial charge is 0.208 e. The van der Waals surface area contributed by atoms with Crippen LogP contribution in [-0.4, -0.2) is 15.0 Å². The first-order chi connectivity index (χ1) is 27.8. The second-order valence-corrected chi connectivity index (χ2v) is 15.3. The number of fused-ring (bicyclic) bond motifs is 6. The molecule has 2 aromatic heterocycles. The van der Waals surface area contributed by atoms with E-state index in [9.17, 15) is 0 Å². The summed E-state index contributed by atoms with van der Waals surface area (Å²) in [7, 11) is 0. The van der Waals surface area contributed by atoms with Crippen LogP contribution in [0.15, 0.2) is 200 Å². The highest BCUT2D eigenvalue weighted by Crippen LogP contribution is 2.56. The van der Waals surface area contributed by atoms with Crippen molar-refractivity contribution < 1.29 is 0 Å². The maximum Gasteiger partial charge on any atom is 0.164 e. The molecule has 1 aliphatic carbocycles. The molecule has 262 valence electrons. The smallest absolute Gasteiger partial charge is 0.164 e. The van der Waals surface area contributed by atoms with Gasteiger partial charge in [0.25, 0.3) is 0 Å². The van der Waals surface area contributed by atoms with Crippen LogP contribution in [0.1, 0.15) is 22.3 Å². The molecule has 0 bridgehead atoms. The van der Waals surface area contributed by atoms with Crippen LogP contribution >= 0.6 is 11.3 Å². The Bertz CT molecular complexity index is 3030. The second-order valence-electron chi connectivity index (χ2n) is 14.3. The minimum absolute atomic E-state index is 0.528. The van der Waals surface area contributed by atoms with E-state index in [0.29, 0.717) is 17.5 Å². The molecule has 0 atom stereocenters. The Balaban J connectivity index is 1.15. The van der Waals surface area contributed by atoms with Crippen molar-refractivity contribution in [1.29, 1.82) is 0 Å². The summed E-state index contributed by atoms with van der Waals surface area (Å²) in [6.07, 6.45) is 0. The third-order valence-electron chi connectivity index (χ3n) is 11.2. The first-order valence-electron chi connectivity index (χ1n) is 18.9. The van der Waals surface area contributed by atoms with Crippen molar-refractivity contribution in [2.45, 2.75) is 5.41 Å². The number of nitrogens with zero attached hydrogens (tertiary/aromatic N) is 3. The molecule has 0 unspecified atom stereocenters. The van der Waals surface area contributed by atoms with Crippen molar-refractivity contribution in [2.75, 3.05) is 0 Å². The van der Waals surface area contributed by atoms with Crippen molar-refractivity contribution in [1.82, 2.24) is 15.0 Å². The first-order valence-corrected chi connectivity index (χ1v) is 19.8. The van der Waals surface area contributed by atoms with Crippen LogP contribution in [0.25, 0.3) is 76.6 Å². The van der Waals surface area contributed by atoms with Crippen LogP contribution in [0.3, 0.4) is 0 Å². The fraction of sp³-hybridized carbons (Fsp3) is 0.0192. The zero-order chi connectivity index (χ0) is 37.1. The van der Waals surface area contributed by atoms with E-state index in [1.807, 2.05) is 29.5 Å². The molecule has 11 rings (SSSR count). The van der Waals surface area contributed by atoms with Crippen LogP contribution < -0.4 is 0 Å². The van der Waals surface area contributed by atoms with E-state index in [1.165, 1.54) is 59.3 Å². The Morgan fingerprint density at radius 3 is 1.57 bits per heavy atom. The van der Waals surface area contributed by atoms with Gasteiger partial charge in [0.15, 0.2) is 17.5 Å². The molecule has 0 fully saturated rings. The monoisotopic (exact) mass is 731 g/mol. The maximum absolute atomic E-state index is 5.35. The van der Waals surface area contributed by atoms with Crippen molar-refractivity contribution in [2.24, 2.45) is 0 Å². The maximum atomic E-state index is 5.35. The zero-order valence-electron chi connectivity index (χ0n) is 30.3. The highest BCUT2D eigenvalue weighted by atomic mass is 32.1. The molecule has 1 aliphatic rings. The topological polar surface area (TPSA) is 38.7 Å². The van der Waals surface area contributed by atoms with Crippen molar-refractivity contribution in [3.05, 3.63) is 222 Å². The van der Waals surface area contributed by atoms with Gasteiger partial charge in [0.05, 0.1) is 5.41 Å². The van der Waals surface area contributed by atoms with Gasteiger partial charge in [-0.15, -0.1) is 11.3 Å². The molecule has 4 heteroatoms. The van der Waals surface area contributed by atoms with Gasteiger partial charge in [0.2, 0.25) is 0 Å². The average Bonchev–Trinajstić information content (AvgIpc) is 3.82. The molecule has 0 spiro atoms. The fourth-order valence-electron chi connectivity index (χ4n) is 8.82. The third-order valence-corrected chi connectivity index (χ3v) is 12.4. The number of aromatic nitrogens is 3. The predicted octanol–water partition coefficient (Wildman–Crippen LogP) is 13.3. The lowest BCUT2D eigenvalue weighted by Crippen LogP contribution is -2.28. The quantitative estimate of drug-likeness (QED) is 0.171. The van der Waals surface area contributed by atoms with Gasteiger partial charge in [-0.3, -0.25) is 0 Å². The number of rotatable bonds is 6. The van der Waals surface area contributed by atoms with Crippen LogP contribution in [-0.2, 0) is 5.41 Å². The Morgan fingerprint density at radius 2 is 0.857 bits per heavy atom. The molecule has 0 N–H and O–H groups in total. The van der Waals surface area contributed by atoms with Crippen LogP contribution in [0.4, 0.5) is 0 Å². The molecule has 56 heavy (non-hydrogen) atoms. The van der Waals surface area contributed by atoms with Gasteiger partial charge in [-0.1, -0.05) is 188 Å². The zero-order valence-corrected chi connectivity index (χ0v) is 31.1. The summed E-state index contributed by atoms with van der Waals surface area (Å²) < 4.78 is 2.46. The summed E-state index contributed by atoms with van der Waals surface area (Å²) in [5, 5.41) is 2.37. The first kappa shape index (κ1) is 32.4. The molecular formula is C52H33N3S. The van der Waals surface area contributed by atoms with Crippen molar-refractivity contribution in [3.8, 4) is 56.4 Å². The highest BCUT2D eigenvalue weighted by molar-refractivity contribution is 7.26. The molecule has 0 amide bonds. The van der Waals surface area contributed by atoms with E-state index in [1.54, 1.807) is 0 Å². The Hall–Kier alpha value is -7.01. The highest BCUT2D eigenvalue weighted by Gasteiger charge is 2.46. The summed E-state index contributed by atoms with van der Waals surface area (Å²) in [5.41, 5.74) is 12.3. The van der Waals surface area contributed by atoms with Gasteiger partial charge in [0, 0.05) is 36.9 Å². The SMILES string of the molecule is c1ccc(-c2nc(-c3cccc(C4(c5ccccc5)c5ccccc5-c5ccccc54)c3)nc(-c3cccc4sc5c(-c6ccccc6)cccc5c34)n2)cc1. The van der Waals surface area contributed by atoms with E-state index in [4.69, 9.17) is 15.0 Å². The predicted molar refractivity (Wildman–Crippen MR) is 232 cm³/mol. The summed E-state index contributed by atoms with van der Waals surface area (Å²) in [4.78, 5) is 15.8. The van der Waals surface area contributed by atoms with Gasteiger partial charge >= 0.3 is 0 Å². The number of thiophene rings is 1. The van der Waals surface area contributed by atoms with Crippen LogP contribution in [0.5, 0.6) is 0 Å². The summed E-state index contributed by atoms with van der Waals surface area (Å²) >= 11 is 1.82. The molecule has 2 heterocycles. The lowest BCUT2D eigenvalue weighted by molar-refractivity contribution is 0.768. The van der Waals surface area contributed by atoms with Crippen molar-refractivity contribution in [3.63, 3.8) is 0 Å². The number of hydrogen-bond acceptors (Lipinski definition) is 4. The lowest BCUT2D eigenvalue weighted by Gasteiger charge is -2.34. The van der Waals surface area contributed by atoms with E-state index >= 15 is 0 Å². The minimum Gasteiger partial charge on any atom is -0.208 e. The molecule has 3 nitrogen and oxygen atoms in total. The van der Waals surface area contributed by atoms with E-state index in [0.717, 1.165) is 22.1 Å². The fourth-order valence-corrected chi connectivity index (χ4v) is 10.1. The Labute approximate surface area is 329 Å². The lowest BCUT2D eigenvalue weighted by atomic mass is 9.67. The standard InChI is InChI=1S/C52H33N3S/c1-4-17-34(18-5-1)39-27-15-28-42-47-43(29-16-32-46(47)56-48(39)42)51-54-49(35-19-6-2-7-20-35)53-50(55-51)36-21-14-24-38(33-36)52(37-22-8-3-9-23-37)44-30-12-10-25-40(44)41-26-11-13-31-45(41)52/h1-33H. The number of hydrogen-bond donors (Lipinski definition) is 0. The molecule has 0 aliphatic heterocycles. The summed E-state index contributed by atoms with van der Waals surface area (Å²) in [5.74, 6) is 1.94. The van der Waals surface area contributed by atoms with E-state index in [2.05, 4.69) is 182 Å². The molecule has 0 radical (unpaired) electrons. The molecule has 0 saturated carbocycles. The van der Waals surface area contributed by atoms with Gasteiger partial charge in [0.1, 0.15) is 0 Å². The third kappa shape index (κ3) is 5.00. The summed E-state index contributed by atoms with van der Waals surface area (Å²) in [6.45, 7) is 0. The summed E-state index contributed by atoms with van der Waals surface area (Å²) in [6, 6.07) is 71.4. The molecular weight excluding hydrogens is 699 g/mol. The van der Waals surface area contributed by atoms with E-state index in [-0.39, 0.29) is 0 Å². The number of benzene rings is 8. The Morgan fingerprint density at radius 1 is 0.357 bits per heavy atom. The van der Waals surface area contributed by atoms with Crippen LogP contribution in [0, 0.1) is 0 Å². The van der Waals surface area contributed by atoms with Gasteiger partial charge in [-0.05, 0) is 56.6 Å². The van der Waals surface area contributed by atoms with Crippen LogP contribution in [0.2, 0.25) is 0 Å². The normalized spacial score (nSPS) is 12.8. The molecule has 10 aromatic rings. The second kappa shape index (κ2) is 13.1. The van der Waals surface area contributed by atoms with Gasteiger partial charge < -0.3 is 0 Å². The molecule has 0 saturated heterocycles. The Kier molecular flexibility index (Phi) is 7.58. The van der Waals surface area contributed by atoms with Gasteiger partial charge in [-0.25, -0.2) is 15.0 Å². The minimum atomic E-state index is -0.528. The van der Waals surface area contributed by atoms with Gasteiger partial charge in [-0.2, -0.15) is 0 Å². The average molecular weight is 732 g/mol. The molecule has 8 aromatic carbocycles. The van der Waals surface area contributed by atoms with Crippen molar-refractivity contribution >= 4 is 31.5 Å².